The molecule has 1 aromatic heterocycles. The maximum atomic E-state index is 12.7. The van der Waals surface area contributed by atoms with Gasteiger partial charge in [0.15, 0.2) is 11.7 Å². The average Bonchev–Trinajstić information content (AvgIpc) is 3.61. The quantitative estimate of drug-likeness (QED) is 0.224. The lowest BCUT2D eigenvalue weighted by Crippen LogP contribution is -2.28. The highest BCUT2D eigenvalue weighted by atomic mass is 32.2. The van der Waals surface area contributed by atoms with Crippen molar-refractivity contribution in [3.8, 4) is 0 Å². The number of anilines is 1. The summed E-state index contributed by atoms with van der Waals surface area (Å²) >= 11 is 0.644. The van der Waals surface area contributed by atoms with E-state index in [4.69, 9.17) is 4.74 Å². The zero-order chi connectivity index (χ0) is 27.5. The molecule has 0 atom stereocenters. The van der Waals surface area contributed by atoms with E-state index >= 15 is 0 Å². The summed E-state index contributed by atoms with van der Waals surface area (Å²) in [7, 11) is -7.78. The van der Waals surface area contributed by atoms with Gasteiger partial charge in [0.2, 0.25) is 19.9 Å². The smallest absolute Gasteiger partial charge is 0.338 e. The van der Waals surface area contributed by atoms with Crippen LogP contribution in [0.4, 0.5) is 10.8 Å². The topological polar surface area (TPSA) is 183 Å². The number of carbonyl (C=O) groups is 2. The molecule has 1 amide bonds. The molecule has 1 saturated heterocycles. The van der Waals surface area contributed by atoms with Crippen LogP contribution in [0.2, 0.25) is 0 Å². The molecule has 16 heteroatoms. The number of benzene rings is 2. The Labute approximate surface area is 221 Å². The zero-order valence-corrected chi connectivity index (χ0v) is 21.9. The van der Waals surface area contributed by atoms with Crippen LogP contribution in [-0.4, -0.2) is 62.6 Å². The highest BCUT2D eigenvalue weighted by molar-refractivity contribution is 7.93. The van der Waals surface area contributed by atoms with Crippen LogP contribution >= 0.6 is 11.3 Å². The molecule has 0 unspecified atom stereocenters. The predicted molar refractivity (Wildman–Crippen MR) is 134 cm³/mol. The van der Waals surface area contributed by atoms with Crippen molar-refractivity contribution >= 4 is 53.9 Å². The predicted octanol–water partition coefficient (Wildman–Crippen LogP) is 2.46. The van der Waals surface area contributed by atoms with E-state index in [2.05, 4.69) is 10.3 Å². The standard InChI is InChI=1S/C22H20N4O9S3/c27-19(14-35-21(28)15-4-3-5-18(12-15)38(33,34)25-10-1-2-11-25)24-22-23-13-20(36-22)37(31,32)17-8-6-16(7-9-17)26(29)30/h3-9,12-13H,1-2,10-11,14H2,(H,23,24,27). The fraction of sp³-hybridized carbons (Fsp3) is 0.227. The van der Waals surface area contributed by atoms with Crippen LogP contribution in [0.5, 0.6) is 0 Å². The molecule has 3 aromatic rings. The number of nitrogens with one attached hydrogen (secondary N) is 1. The third-order valence-corrected chi connectivity index (χ3v) is 10.5. The molecule has 1 aliphatic heterocycles. The number of nitrogens with zero attached hydrogens (tertiary/aromatic N) is 3. The van der Waals surface area contributed by atoms with Crippen LogP contribution < -0.4 is 5.32 Å². The van der Waals surface area contributed by atoms with Crippen molar-refractivity contribution in [2.24, 2.45) is 0 Å². The summed E-state index contributed by atoms with van der Waals surface area (Å²) in [6.45, 7) is 0.0849. The van der Waals surface area contributed by atoms with Gasteiger partial charge in [-0.2, -0.15) is 4.31 Å². The number of sulfone groups is 1. The summed E-state index contributed by atoms with van der Waals surface area (Å²) in [4.78, 5) is 38.4. The number of hydrogen-bond acceptors (Lipinski definition) is 11. The van der Waals surface area contributed by atoms with Crippen LogP contribution in [-0.2, 0) is 29.4 Å². The molecule has 38 heavy (non-hydrogen) atoms. The number of ether oxygens (including phenoxy) is 1. The second-order valence-corrected chi connectivity index (χ2v) is 13.1. The van der Waals surface area contributed by atoms with Gasteiger partial charge in [-0.1, -0.05) is 17.4 Å². The second kappa shape index (κ2) is 10.9. The molecule has 200 valence electrons. The normalized spacial score (nSPS) is 14.2. The number of nitro groups is 1. The molecule has 1 N–H and O–H groups in total. The molecule has 13 nitrogen and oxygen atoms in total. The lowest BCUT2D eigenvalue weighted by Gasteiger charge is -2.15. The molecule has 1 aliphatic rings. The largest absolute Gasteiger partial charge is 0.452 e. The molecule has 0 radical (unpaired) electrons. The molecule has 0 bridgehead atoms. The fourth-order valence-electron chi connectivity index (χ4n) is 3.54. The van der Waals surface area contributed by atoms with Gasteiger partial charge in [-0.05, 0) is 43.2 Å². The average molecular weight is 581 g/mol. The summed E-state index contributed by atoms with van der Waals surface area (Å²) in [5.74, 6) is -1.72. The Hall–Kier alpha value is -3.73. The number of amides is 1. The first-order valence-corrected chi connectivity index (χ1v) is 14.7. The maximum Gasteiger partial charge on any atom is 0.338 e. The van der Waals surface area contributed by atoms with Crippen molar-refractivity contribution in [2.45, 2.75) is 26.8 Å². The first-order chi connectivity index (χ1) is 18.0. The van der Waals surface area contributed by atoms with E-state index in [1.165, 1.54) is 28.6 Å². The van der Waals surface area contributed by atoms with E-state index in [9.17, 15) is 36.5 Å². The Morgan fingerprint density at radius 1 is 1.05 bits per heavy atom. The van der Waals surface area contributed by atoms with Gasteiger partial charge in [-0.15, -0.1) is 0 Å². The van der Waals surface area contributed by atoms with E-state index in [1.54, 1.807) is 0 Å². The van der Waals surface area contributed by atoms with Crippen molar-refractivity contribution < 1.29 is 36.1 Å². The van der Waals surface area contributed by atoms with Gasteiger partial charge in [-0.25, -0.2) is 26.6 Å². The van der Waals surface area contributed by atoms with Crippen molar-refractivity contribution in [3.05, 3.63) is 70.4 Å². The third kappa shape index (κ3) is 5.88. The first-order valence-electron chi connectivity index (χ1n) is 11.0. The van der Waals surface area contributed by atoms with E-state index in [-0.39, 0.29) is 30.4 Å². The monoisotopic (exact) mass is 580 g/mol. The number of nitro benzene ring substituents is 1. The van der Waals surface area contributed by atoms with Crippen LogP contribution in [0.3, 0.4) is 0 Å². The van der Waals surface area contributed by atoms with Crippen LogP contribution in [0.1, 0.15) is 23.2 Å². The molecular weight excluding hydrogens is 560 g/mol. The number of rotatable bonds is 9. The van der Waals surface area contributed by atoms with Gasteiger partial charge in [0, 0.05) is 25.2 Å². The van der Waals surface area contributed by atoms with Crippen LogP contribution in [0.25, 0.3) is 0 Å². The second-order valence-electron chi connectivity index (χ2n) is 8.00. The van der Waals surface area contributed by atoms with Crippen molar-refractivity contribution in [3.63, 3.8) is 0 Å². The summed E-state index contributed by atoms with van der Waals surface area (Å²) in [6.07, 6.45) is 2.55. The van der Waals surface area contributed by atoms with Crippen molar-refractivity contribution in [1.82, 2.24) is 9.29 Å². The number of aromatic nitrogens is 1. The van der Waals surface area contributed by atoms with E-state index in [0.29, 0.717) is 24.4 Å². The van der Waals surface area contributed by atoms with Gasteiger partial charge in [-0.3, -0.25) is 20.2 Å². The Balaban J connectivity index is 1.36. The summed E-state index contributed by atoms with van der Waals surface area (Å²) in [6, 6.07) is 9.63. The van der Waals surface area contributed by atoms with Gasteiger partial charge in [0.1, 0.15) is 4.21 Å². The molecular formula is C22H20N4O9S3. The highest BCUT2D eigenvalue weighted by Gasteiger charge is 2.28. The minimum atomic E-state index is -4.04. The number of sulfonamides is 1. The summed E-state index contributed by atoms with van der Waals surface area (Å²) < 4.78 is 57.0. The SMILES string of the molecule is O=C(COC(=O)c1cccc(S(=O)(=O)N2CCCC2)c1)Nc1ncc(S(=O)(=O)c2ccc([N+](=O)[O-])cc2)s1. The van der Waals surface area contributed by atoms with Gasteiger partial charge < -0.3 is 4.74 Å². The van der Waals surface area contributed by atoms with Crippen molar-refractivity contribution in [2.75, 3.05) is 25.0 Å². The summed E-state index contributed by atoms with van der Waals surface area (Å²) in [5, 5.41) is 13.0. The van der Waals surface area contributed by atoms with E-state index in [1.807, 2.05) is 0 Å². The van der Waals surface area contributed by atoms with Gasteiger partial charge in [0.05, 0.1) is 26.5 Å². The minimum absolute atomic E-state index is 0.0520. The van der Waals surface area contributed by atoms with Crippen LogP contribution in [0.15, 0.2) is 68.7 Å². The van der Waals surface area contributed by atoms with Gasteiger partial charge >= 0.3 is 5.97 Å². The molecule has 1 fully saturated rings. The first kappa shape index (κ1) is 27.3. The zero-order valence-electron chi connectivity index (χ0n) is 19.5. The lowest BCUT2D eigenvalue weighted by atomic mass is 10.2. The molecule has 0 spiro atoms. The molecule has 2 heterocycles. The lowest BCUT2D eigenvalue weighted by molar-refractivity contribution is -0.384. The third-order valence-electron chi connectivity index (χ3n) is 5.46. The number of carbonyl (C=O) groups excluding carboxylic acids is 2. The maximum absolute atomic E-state index is 12.7. The van der Waals surface area contributed by atoms with Crippen molar-refractivity contribution in [1.29, 1.82) is 0 Å². The Bertz CT molecular complexity index is 1590. The van der Waals surface area contributed by atoms with E-state index in [0.717, 1.165) is 43.3 Å². The van der Waals surface area contributed by atoms with E-state index < -0.39 is 43.3 Å². The van der Waals surface area contributed by atoms with Gasteiger partial charge in [0.25, 0.3) is 11.6 Å². The molecule has 0 saturated carbocycles. The molecule has 2 aromatic carbocycles. The fourth-order valence-corrected chi connectivity index (χ4v) is 7.55. The Morgan fingerprint density at radius 3 is 2.39 bits per heavy atom. The number of esters is 1. The summed E-state index contributed by atoms with van der Waals surface area (Å²) in [5.41, 5.74) is -0.320. The van der Waals surface area contributed by atoms with Crippen LogP contribution in [0, 0.1) is 10.1 Å². The Kier molecular flexibility index (Phi) is 7.86. The number of thiazole rings is 1. The minimum Gasteiger partial charge on any atom is -0.452 e. The molecule has 0 aliphatic carbocycles. The number of non-ortho nitro benzene ring substituents is 1. The number of hydrogen-bond donors (Lipinski definition) is 1. The Morgan fingerprint density at radius 2 is 1.74 bits per heavy atom. The highest BCUT2D eigenvalue weighted by Crippen LogP contribution is 2.29. The molecule has 4 rings (SSSR count).